The second-order valence-corrected chi connectivity index (χ2v) is 18.7. The largest absolute Gasteiger partial charge is 0.370 e. The van der Waals surface area contributed by atoms with Gasteiger partial charge in [0.1, 0.15) is 36.3 Å². The predicted octanol–water partition coefficient (Wildman–Crippen LogP) is -1.90. The van der Waals surface area contributed by atoms with E-state index in [0.717, 1.165) is 10.9 Å². The molecule has 0 saturated carbocycles. The molecule has 24 nitrogen and oxygen atoms in total. The molecular weight excluding hydrogens is 953 g/mol. The highest BCUT2D eigenvalue weighted by Gasteiger charge is 2.39. The number of hydrogen-bond acceptors (Lipinski definition) is 12. The predicted molar refractivity (Wildman–Crippen MR) is 277 cm³/mol. The van der Waals surface area contributed by atoms with Gasteiger partial charge in [0.05, 0.1) is 18.9 Å². The summed E-state index contributed by atoms with van der Waals surface area (Å²) in [5.74, 6) is -5.83. The van der Waals surface area contributed by atoms with Crippen molar-refractivity contribution in [2.24, 2.45) is 39.6 Å². The van der Waals surface area contributed by atoms with Gasteiger partial charge in [0.2, 0.25) is 47.3 Å². The Labute approximate surface area is 429 Å². The van der Waals surface area contributed by atoms with E-state index in [9.17, 15) is 38.4 Å². The Morgan fingerprint density at radius 2 is 1.43 bits per heavy atom. The van der Waals surface area contributed by atoms with Crippen LogP contribution in [0.2, 0.25) is 0 Å². The van der Waals surface area contributed by atoms with Gasteiger partial charge in [-0.2, -0.15) is 0 Å². The lowest BCUT2D eigenvalue weighted by Gasteiger charge is -2.30. The van der Waals surface area contributed by atoms with Crippen LogP contribution in [0.4, 0.5) is 0 Å². The van der Waals surface area contributed by atoms with Crippen LogP contribution in [0.1, 0.15) is 75.6 Å². The van der Waals surface area contributed by atoms with E-state index in [-0.39, 0.29) is 63.5 Å². The summed E-state index contributed by atoms with van der Waals surface area (Å²) < 4.78 is 0. The summed E-state index contributed by atoms with van der Waals surface area (Å²) in [6, 6.07) is 8.45. The standard InChI is InChI=1S/C50H72N16O8/c1-29(2)42(43(53)68)65-48(73)40-18-11-21-66(40)49(74)37(16-8-9-19-51)61-41(67)27-59-45(70)39(23-31-25-58-35-15-7-6-14-33(31)35)64-46(71)36(17-10-20-57-50(54)55)62-47(72)38(22-30-12-4-3-5-13-30)63-44(69)34(52)24-32-26-56-28-60-32/h3-7,12-15,25-26,28-29,34,36-40,42,58H,8-11,16-24,27,51-52H2,1-2H3,(H2,53,68)(H,56,60)(H,59,70)(H,61,67)(H,62,72)(H,63,69)(H,64,71)(H,65,73)(H4,54,55,57). The summed E-state index contributed by atoms with van der Waals surface area (Å²) in [5.41, 5.74) is 31.4. The van der Waals surface area contributed by atoms with Crippen molar-refractivity contribution in [2.45, 2.75) is 120 Å². The SMILES string of the molecule is CC(C)C(NC(=O)C1CCCN1C(=O)C(CCCCN)NC(=O)CNC(=O)C(Cc1c[nH]c2ccccc12)NC(=O)C(CCCN=C(N)N)NC(=O)C(Cc1ccccc1)NC(=O)C(N)Cc1cnc[nH]1)C(N)=O. The molecule has 24 heteroatoms. The molecule has 1 fully saturated rings. The zero-order valence-electron chi connectivity index (χ0n) is 41.9. The number of aliphatic imine (C=N–C) groups is 1. The molecule has 1 saturated heterocycles. The molecule has 0 bridgehead atoms. The van der Waals surface area contributed by atoms with Crippen molar-refractivity contribution in [1.29, 1.82) is 0 Å². The maximum absolute atomic E-state index is 14.5. The van der Waals surface area contributed by atoms with E-state index in [1.54, 1.807) is 50.4 Å². The lowest BCUT2D eigenvalue weighted by atomic mass is 10.0. The minimum absolute atomic E-state index is 0.00785. The first-order valence-corrected chi connectivity index (χ1v) is 24.9. The number of carbonyl (C=O) groups excluding carboxylic acids is 8. The van der Waals surface area contributed by atoms with Gasteiger partial charge < -0.3 is 75.4 Å². The molecule has 7 unspecified atom stereocenters. The number of unbranched alkanes of at least 4 members (excludes halogenated alkanes) is 1. The van der Waals surface area contributed by atoms with Crippen LogP contribution in [-0.2, 0) is 57.6 Å². The molecule has 0 radical (unpaired) electrons. The van der Waals surface area contributed by atoms with Crippen molar-refractivity contribution in [2.75, 3.05) is 26.2 Å². The molecule has 4 aromatic rings. The average molecular weight is 1030 g/mol. The number of H-pyrrole nitrogens is 2. The van der Waals surface area contributed by atoms with Crippen LogP contribution in [0.25, 0.3) is 10.9 Å². The van der Waals surface area contributed by atoms with Gasteiger partial charge >= 0.3 is 0 Å². The molecule has 2 aromatic heterocycles. The number of likely N-dealkylation sites (tertiary alicyclic amines) is 1. The number of imidazole rings is 1. The molecular formula is C50H72N16O8. The first-order chi connectivity index (χ1) is 35.4. The summed E-state index contributed by atoms with van der Waals surface area (Å²) in [4.78, 5) is 125. The maximum Gasteiger partial charge on any atom is 0.245 e. The Balaban J connectivity index is 1.35. The maximum atomic E-state index is 14.5. The van der Waals surface area contributed by atoms with Crippen LogP contribution in [0.3, 0.4) is 0 Å². The van der Waals surface area contributed by atoms with Gasteiger partial charge in [-0.1, -0.05) is 62.4 Å². The van der Waals surface area contributed by atoms with E-state index < -0.39 is 96.1 Å². The minimum Gasteiger partial charge on any atom is -0.370 e. The number of para-hydroxylation sites is 1. The highest BCUT2D eigenvalue weighted by atomic mass is 16.2. The fourth-order valence-corrected chi connectivity index (χ4v) is 8.72. The Bertz CT molecular complexity index is 2550. The second kappa shape index (κ2) is 28.4. The first-order valence-electron chi connectivity index (χ1n) is 24.9. The Morgan fingerprint density at radius 3 is 2.12 bits per heavy atom. The summed E-state index contributed by atoms with van der Waals surface area (Å²) in [6.45, 7) is 3.52. The molecule has 5 rings (SSSR count). The highest BCUT2D eigenvalue weighted by Crippen LogP contribution is 2.22. The molecule has 8 amide bonds. The Morgan fingerprint density at radius 1 is 0.757 bits per heavy atom. The third-order valence-corrected chi connectivity index (χ3v) is 12.7. The van der Waals surface area contributed by atoms with Crippen LogP contribution < -0.4 is 60.6 Å². The summed E-state index contributed by atoms with van der Waals surface area (Å²) in [7, 11) is 0. The molecule has 7 atom stereocenters. The van der Waals surface area contributed by atoms with Crippen molar-refractivity contribution < 1.29 is 38.4 Å². The van der Waals surface area contributed by atoms with E-state index in [4.69, 9.17) is 28.7 Å². The Kier molecular flexibility index (Phi) is 21.9. The average Bonchev–Trinajstić information content (AvgIpc) is 4.17. The van der Waals surface area contributed by atoms with Crippen LogP contribution >= 0.6 is 0 Å². The van der Waals surface area contributed by atoms with Gasteiger partial charge in [-0.3, -0.25) is 43.3 Å². The van der Waals surface area contributed by atoms with Crippen LogP contribution in [0.15, 0.2) is 78.3 Å². The van der Waals surface area contributed by atoms with Crippen molar-refractivity contribution in [3.63, 3.8) is 0 Å². The number of nitrogens with zero attached hydrogens (tertiary/aromatic N) is 3. The number of rotatable bonds is 29. The minimum atomic E-state index is -1.33. The summed E-state index contributed by atoms with van der Waals surface area (Å²) in [5, 5.41) is 17.1. The van der Waals surface area contributed by atoms with Gasteiger partial charge in [0, 0.05) is 61.3 Å². The van der Waals surface area contributed by atoms with Gasteiger partial charge in [-0.25, -0.2) is 4.98 Å². The molecule has 0 spiro atoms. The summed E-state index contributed by atoms with van der Waals surface area (Å²) >= 11 is 0. The molecule has 0 aliphatic carbocycles. The smallest absolute Gasteiger partial charge is 0.245 e. The second-order valence-electron chi connectivity index (χ2n) is 18.7. The van der Waals surface area contributed by atoms with Crippen molar-refractivity contribution >= 4 is 64.1 Å². The number of nitrogens with two attached hydrogens (primary N) is 5. The zero-order chi connectivity index (χ0) is 53.7. The van der Waals surface area contributed by atoms with Crippen molar-refractivity contribution in [3.05, 3.63) is 90.1 Å². The Hall–Kier alpha value is -7.86. The molecule has 74 heavy (non-hydrogen) atoms. The van der Waals surface area contributed by atoms with E-state index in [1.807, 2.05) is 24.3 Å². The third-order valence-electron chi connectivity index (χ3n) is 12.7. The molecule has 1 aliphatic rings. The molecule has 1 aliphatic heterocycles. The van der Waals surface area contributed by atoms with E-state index in [1.165, 1.54) is 17.4 Å². The van der Waals surface area contributed by atoms with Crippen LogP contribution in [0, 0.1) is 5.92 Å². The number of benzene rings is 2. The van der Waals surface area contributed by atoms with E-state index >= 15 is 0 Å². The highest BCUT2D eigenvalue weighted by molar-refractivity contribution is 5.98. The number of guanidine groups is 1. The van der Waals surface area contributed by atoms with E-state index in [0.29, 0.717) is 49.0 Å². The fraction of sp³-hybridized carbons (Fsp3) is 0.480. The van der Waals surface area contributed by atoms with Gasteiger partial charge in [0.15, 0.2) is 5.96 Å². The quantitative estimate of drug-likeness (QED) is 0.0161. The van der Waals surface area contributed by atoms with Gasteiger partial charge in [0.25, 0.3) is 0 Å². The fourth-order valence-electron chi connectivity index (χ4n) is 8.72. The van der Waals surface area contributed by atoms with Crippen LogP contribution in [-0.4, -0.2) is 142 Å². The summed E-state index contributed by atoms with van der Waals surface area (Å²) in [6.07, 6.45) is 6.99. The van der Waals surface area contributed by atoms with Gasteiger partial charge in [-0.15, -0.1) is 0 Å². The van der Waals surface area contributed by atoms with Crippen molar-refractivity contribution in [1.82, 2.24) is 51.8 Å². The molecule has 3 heterocycles. The number of nitrogens with one attached hydrogen (secondary N) is 8. The zero-order valence-corrected chi connectivity index (χ0v) is 41.9. The number of amides is 8. The lowest BCUT2D eigenvalue weighted by Crippen LogP contribution is -2.59. The number of fused-ring (bicyclic) bond motifs is 1. The van der Waals surface area contributed by atoms with Crippen LogP contribution in [0.5, 0.6) is 0 Å². The first kappa shape index (κ1) is 57.0. The van der Waals surface area contributed by atoms with E-state index in [2.05, 4.69) is 51.8 Å². The molecule has 2 aromatic carbocycles. The third kappa shape index (κ3) is 17.1. The number of primary amides is 1. The van der Waals surface area contributed by atoms with Gasteiger partial charge in [-0.05, 0) is 74.6 Å². The van der Waals surface area contributed by atoms with Crippen molar-refractivity contribution in [3.8, 4) is 0 Å². The number of aromatic amines is 2. The normalized spacial score (nSPS) is 15.7. The number of hydrogen-bond donors (Lipinski definition) is 13. The molecule has 400 valence electrons. The monoisotopic (exact) mass is 1020 g/mol. The number of carbonyl (C=O) groups is 8. The lowest BCUT2D eigenvalue weighted by molar-refractivity contribution is -0.142. The number of aromatic nitrogens is 3. The topological polar surface area (TPSA) is 399 Å². The molecule has 18 N–H and O–H groups in total.